The third kappa shape index (κ3) is 3.23. The third-order valence-electron chi connectivity index (χ3n) is 6.35. The summed E-state index contributed by atoms with van der Waals surface area (Å²) in [5.74, 6) is -0.554. The molecule has 0 unspecified atom stereocenters. The highest BCUT2D eigenvalue weighted by Gasteiger charge is 2.52. The zero-order chi connectivity index (χ0) is 22.5. The van der Waals surface area contributed by atoms with Crippen LogP contribution in [0.1, 0.15) is 54.4 Å². The van der Waals surface area contributed by atoms with Crippen LogP contribution in [-0.4, -0.2) is 26.8 Å². The van der Waals surface area contributed by atoms with Gasteiger partial charge in [0.15, 0.2) is 0 Å². The predicted octanol–water partition coefficient (Wildman–Crippen LogP) is 3.75. The number of carbonyl (C=O) groups excluding carboxylic acids is 2. The monoisotopic (exact) mass is 454 g/mol. The van der Waals surface area contributed by atoms with E-state index in [4.69, 9.17) is 0 Å². The Morgan fingerprint density at radius 3 is 2.72 bits per heavy atom. The summed E-state index contributed by atoms with van der Waals surface area (Å²) in [4.78, 5) is 49.4. The Hall–Kier alpha value is -3.07. The van der Waals surface area contributed by atoms with E-state index in [0.717, 1.165) is 36.1 Å². The van der Waals surface area contributed by atoms with Crippen molar-refractivity contribution in [3.05, 3.63) is 62.3 Å². The molecular weight excluding hydrogens is 431 g/mol. The van der Waals surface area contributed by atoms with Gasteiger partial charge in [-0.25, -0.2) is 14.2 Å². The van der Waals surface area contributed by atoms with Crippen LogP contribution in [-0.2, 0) is 29.7 Å². The smallest absolute Gasteiger partial charge is 0.319 e. The van der Waals surface area contributed by atoms with Crippen molar-refractivity contribution in [3.63, 3.8) is 0 Å². The maximum absolute atomic E-state index is 13.5. The normalized spacial score (nSPS) is 20.2. The highest BCUT2D eigenvalue weighted by Crippen LogP contribution is 2.36. The third-order valence-corrected chi connectivity index (χ3v) is 7.54. The molecule has 2 aromatic heterocycles. The Balaban J connectivity index is 1.49. The summed E-state index contributed by atoms with van der Waals surface area (Å²) in [7, 11) is 0. The SMILES string of the molecule is CCCC[C@@]1(c2ccc(F)cc2)NC(=O)N(Cc2nc3sc4c(c3c(=O)[nH]2)CCC4)C1=O. The molecule has 1 aliphatic heterocycles. The van der Waals surface area contributed by atoms with Gasteiger partial charge in [-0.15, -0.1) is 11.3 Å². The van der Waals surface area contributed by atoms with E-state index in [-0.39, 0.29) is 17.9 Å². The average molecular weight is 455 g/mol. The number of unbranched alkanes of at least 4 members (excludes halogenated alkanes) is 1. The van der Waals surface area contributed by atoms with Crippen LogP contribution in [0.5, 0.6) is 0 Å². The van der Waals surface area contributed by atoms with Gasteiger partial charge >= 0.3 is 6.03 Å². The van der Waals surface area contributed by atoms with Crippen LogP contribution in [0, 0.1) is 5.82 Å². The highest BCUT2D eigenvalue weighted by molar-refractivity contribution is 7.18. The second-order valence-electron chi connectivity index (χ2n) is 8.39. The summed E-state index contributed by atoms with van der Waals surface area (Å²) in [6, 6.07) is 5.09. The van der Waals surface area contributed by atoms with E-state index in [1.165, 1.54) is 40.5 Å². The van der Waals surface area contributed by atoms with Crippen molar-refractivity contribution in [2.75, 3.05) is 0 Å². The predicted molar refractivity (Wildman–Crippen MR) is 119 cm³/mol. The zero-order valence-electron chi connectivity index (χ0n) is 17.7. The number of benzene rings is 1. The van der Waals surface area contributed by atoms with Crippen molar-refractivity contribution in [2.24, 2.45) is 0 Å². The van der Waals surface area contributed by atoms with Crippen LogP contribution in [0.25, 0.3) is 10.2 Å². The molecule has 0 spiro atoms. The Morgan fingerprint density at radius 2 is 1.97 bits per heavy atom. The summed E-state index contributed by atoms with van der Waals surface area (Å²) in [5, 5.41) is 3.47. The van der Waals surface area contributed by atoms with Crippen molar-refractivity contribution in [3.8, 4) is 0 Å². The van der Waals surface area contributed by atoms with E-state index in [1.54, 1.807) is 0 Å². The number of hydrogen-bond acceptors (Lipinski definition) is 5. The van der Waals surface area contributed by atoms with Gasteiger partial charge < -0.3 is 10.3 Å². The lowest BCUT2D eigenvalue weighted by atomic mass is 9.85. The first kappa shape index (κ1) is 20.8. The standard InChI is InChI=1S/C23H23FN4O3S/c1-2-3-11-23(13-7-9-14(24)10-8-13)21(30)28(22(31)27-23)12-17-25-19(29)18-15-5-4-6-16(15)32-20(18)26-17/h7-10H,2-6,11-12H2,1H3,(H,27,31)(H,25,26,29)/t23-/m0/s1. The number of H-pyrrole nitrogens is 1. The van der Waals surface area contributed by atoms with Gasteiger partial charge in [0.2, 0.25) is 0 Å². The first-order valence-electron chi connectivity index (χ1n) is 10.9. The van der Waals surface area contributed by atoms with Gasteiger partial charge in [0.05, 0.1) is 11.9 Å². The van der Waals surface area contributed by atoms with Crippen molar-refractivity contribution in [1.29, 1.82) is 0 Å². The first-order valence-corrected chi connectivity index (χ1v) is 11.7. The van der Waals surface area contributed by atoms with E-state index in [9.17, 15) is 18.8 Å². The van der Waals surface area contributed by atoms with Crippen molar-refractivity contribution >= 4 is 33.5 Å². The number of imide groups is 1. The first-order chi connectivity index (χ1) is 15.4. The molecule has 3 amide bonds. The molecular formula is C23H23FN4O3S. The average Bonchev–Trinajstić information content (AvgIpc) is 3.41. The maximum atomic E-state index is 13.5. The van der Waals surface area contributed by atoms with Crippen LogP contribution in [0.2, 0.25) is 0 Å². The van der Waals surface area contributed by atoms with Gasteiger partial charge in [-0.3, -0.25) is 14.5 Å². The Labute approximate surface area is 187 Å². The number of nitrogens with one attached hydrogen (secondary N) is 2. The van der Waals surface area contributed by atoms with Crippen LogP contribution < -0.4 is 10.9 Å². The number of urea groups is 1. The molecule has 7 nitrogen and oxygen atoms in total. The number of fused-ring (bicyclic) bond motifs is 3. The van der Waals surface area contributed by atoms with Gasteiger partial charge in [-0.05, 0) is 48.9 Å². The minimum absolute atomic E-state index is 0.131. The van der Waals surface area contributed by atoms with Crippen molar-refractivity contribution in [2.45, 2.75) is 57.5 Å². The minimum atomic E-state index is -1.25. The van der Waals surface area contributed by atoms with E-state index < -0.39 is 23.3 Å². The number of thiophene rings is 1. The number of aromatic amines is 1. The summed E-state index contributed by atoms with van der Waals surface area (Å²) in [5.41, 5.74) is 0.136. The van der Waals surface area contributed by atoms with Gasteiger partial charge in [-0.2, -0.15) is 0 Å². The molecule has 0 radical (unpaired) electrons. The van der Waals surface area contributed by atoms with E-state index >= 15 is 0 Å². The number of halogens is 1. The van der Waals surface area contributed by atoms with Crippen LogP contribution in [0.4, 0.5) is 9.18 Å². The summed E-state index contributed by atoms with van der Waals surface area (Å²) in [6.45, 7) is 1.87. The van der Waals surface area contributed by atoms with Gasteiger partial charge in [0.1, 0.15) is 22.0 Å². The fourth-order valence-corrected chi connectivity index (χ4v) is 6.01. The number of aromatic nitrogens is 2. The number of carbonyl (C=O) groups is 2. The molecule has 1 atom stereocenters. The van der Waals surface area contributed by atoms with Gasteiger partial charge in [0.25, 0.3) is 11.5 Å². The van der Waals surface area contributed by atoms with Crippen molar-refractivity contribution in [1.82, 2.24) is 20.2 Å². The van der Waals surface area contributed by atoms with Crippen molar-refractivity contribution < 1.29 is 14.0 Å². The van der Waals surface area contributed by atoms with E-state index in [1.807, 2.05) is 6.92 Å². The molecule has 1 saturated heterocycles. The maximum Gasteiger partial charge on any atom is 0.325 e. The highest BCUT2D eigenvalue weighted by atomic mass is 32.1. The Morgan fingerprint density at radius 1 is 1.19 bits per heavy atom. The molecule has 1 aliphatic carbocycles. The summed E-state index contributed by atoms with van der Waals surface area (Å²) >= 11 is 1.51. The van der Waals surface area contributed by atoms with E-state index in [0.29, 0.717) is 28.6 Å². The number of aryl methyl sites for hydroxylation is 2. The molecule has 9 heteroatoms. The molecule has 166 valence electrons. The minimum Gasteiger partial charge on any atom is -0.319 e. The lowest BCUT2D eigenvalue weighted by molar-refractivity contribution is -0.132. The molecule has 3 heterocycles. The second-order valence-corrected chi connectivity index (χ2v) is 9.47. The molecule has 0 saturated carbocycles. The Bertz CT molecular complexity index is 1280. The number of hydrogen-bond donors (Lipinski definition) is 2. The van der Waals surface area contributed by atoms with Crippen LogP contribution in [0.15, 0.2) is 29.1 Å². The van der Waals surface area contributed by atoms with Gasteiger partial charge in [-0.1, -0.05) is 31.9 Å². The van der Waals surface area contributed by atoms with E-state index in [2.05, 4.69) is 15.3 Å². The molecule has 5 rings (SSSR count). The second kappa shape index (κ2) is 7.81. The van der Waals surface area contributed by atoms with Crippen LogP contribution in [0.3, 0.4) is 0 Å². The molecule has 1 aromatic carbocycles. The lowest BCUT2D eigenvalue weighted by Crippen LogP contribution is -2.44. The number of amides is 3. The summed E-state index contributed by atoms with van der Waals surface area (Å²) < 4.78 is 13.5. The fourth-order valence-electron chi connectivity index (χ4n) is 4.73. The largest absolute Gasteiger partial charge is 0.325 e. The quantitative estimate of drug-likeness (QED) is 0.555. The topological polar surface area (TPSA) is 95.2 Å². The number of nitrogens with zero attached hydrogens (tertiary/aromatic N) is 2. The molecule has 2 aliphatic rings. The fraction of sp³-hybridized carbons (Fsp3) is 0.391. The molecule has 0 bridgehead atoms. The molecule has 1 fully saturated rings. The Kier molecular flexibility index (Phi) is 5.08. The molecule has 32 heavy (non-hydrogen) atoms. The molecule has 2 N–H and O–H groups in total. The number of rotatable bonds is 6. The lowest BCUT2D eigenvalue weighted by Gasteiger charge is -2.27. The summed E-state index contributed by atoms with van der Waals surface area (Å²) in [6.07, 6.45) is 4.82. The van der Waals surface area contributed by atoms with Gasteiger partial charge in [0, 0.05) is 4.88 Å². The molecule has 3 aromatic rings. The zero-order valence-corrected chi connectivity index (χ0v) is 18.5. The van der Waals surface area contributed by atoms with Crippen LogP contribution >= 0.6 is 11.3 Å².